The minimum absolute atomic E-state index is 0.388. The van der Waals surface area contributed by atoms with E-state index in [1.807, 2.05) is 0 Å². The van der Waals surface area contributed by atoms with E-state index in [4.69, 9.17) is 4.74 Å². The molecule has 0 atom stereocenters. The molecule has 0 aromatic carbocycles. The molecule has 0 saturated carbocycles. The zero-order chi connectivity index (χ0) is 14.7. The van der Waals surface area contributed by atoms with Crippen molar-refractivity contribution in [3.05, 3.63) is 35.7 Å². The summed E-state index contributed by atoms with van der Waals surface area (Å²) >= 11 is 0. The van der Waals surface area contributed by atoms with Crippen molar-refractivity contribution >= 4 is 12.0 Å². The second-order valence-electron chi connectivity index (χ2n) is 4.84. The Balaban J connectivity index is 2.71. The smallest absolute Gasteiger partial charge is 0.433 e. The summed E-state index contributed by atoms with van der Waals surface area (Å²) in [4.78, 5) is 14.6. The van der Waals surface area contributed by atoms with Crippen molar-refractivity contribution in [2.24, 2.45) is 0 Å². The lowest BCUT2D eigenvalue weighted by molar-refractivity contribution is -0.148. The second kappa shape index (κ2) is 5.42. The van der Waals surface area contributed by atoms with Gasteiger partial charge in [-0.2, -0.15) is 13.2 Å². The number of carbonyl (C=O) groups is 1. The summed E-state index contributed by atoms with van der Waals surface area (Å²) in [6.45, 7) is 5.16. The zero-order valence-corrected chi connectivity index (χ0v) is 10.8. The van der Waals surface area contributed by atoms with Crippen LogP contribution in [0.15, 0.2) is 24.4 Å². The van der Waals surface area contributed by atoms with Gasteiger partial charge >= 0.3 is 12.1 Å². The first-order valence-corrected chi connectivity index (χ1v) is 5.52. The first-order valence-electron chi connectivity index (χ1n) is 5.52. The lowest BCUT2D eigenvalue weighted by atomic mass is 10.2. The van der Waals surface area contributed by atoms with Crippen molar-refractivity contribution in [2.45, 2.75) is 32.5 Å². The molecule has 0 amide bonds. The lowest BCUT2D eigenvalue weighted by Gasteiger charge is -2.17. The van der Waals surface area contributed by atoms with Crippen molar-refractivity contribution in [1.82, 2.24) is 4.98 Å². The van der Waals surface area contributed by atoms with Crippen LogP contribution in [0, 0.1) is 0 Å². The maximum absolute atomic E-state index is 12.3. The van der Waals surface area contributed by atoms with E-state index in [2.05, 4.69) is 4.98 Å². The molecule has 0 aliphatic rings. The van der Waals surface area contributed by atoms with Gasteiger partial charge in [0.2, 0.25) is 0 Å². The molecule has 0 fully saturated rings. The normalized spacial score (nSPS) is 12.7. The molecule has 1 aromatic rings. The van der Waals surface area contributed by atoms with E-state index in [0.717, 1.165) is 18.3 Å². The van der Waals surface area contributed by atoms with E-state index in [0.29, 0.717) is 5.56 Å². The molecule has 1 heterocycles. The van der Waals surface area contributed by atoms with E-state index < -0.39 is 23.4 Å². The van der Waals surface area contributed by atoms with Crippen LogP contribution in [0.5, 0.6) is 0 Å². The van der Waals surface area contributed by atoms with Gasteiger partial charge in [0.1, 0.15) is 11.3 Å². The van der Waals surface area contributed by atoms with Gasteiger partial charge in [-0.1, -0.05) is 6.07 Å². The predicted octanol–water partition coefficient (Wildman–Crippen LogP) is 3.46. The summed E-state index contributed by atoms with van der Waals surface area (Å²) in [6, 6.07) is 2.09. The standard InChI is InChI=1S/C13H14F3NO2/c1-12(2,3)19-11(18)7-5-9-4-6-10(17-8-9)13(14,15)16/h4-8H,1-3H3. The average Bonchev–Trinajstić information content (AvgIpc) is 2.23. The average molecular weight is 273 g/mol. The van der Waals surface area contributed by atoms with Crippen molar-refractivity contribution in [1.29, 1.82) is 0 Å². The molecule has 6 heteroatoms. The van der Waals surface area contributed by atoms with Gasteiger partial charge < -0.3 is 4.74 Å². The Morgan fingerprint density at radius 1 is 1.26 bits per heavy atom. The number of nitrogens with zero attached hydrogens (tertiary/aromatic N) is 1. The summed E-state index contributed by atoms with van der Waals surface area (Å²) < 4.78 is 41.8. The van der Waals surface area contributed by atoms with E-state index in [9.17, 15) is 18.0 Å². The van der Waals surface area contributed by atoms with Crippen LogP contribution in [-0.4, -0.2) is 16.6 Å². The molecule has 1 aromatic heterocycles. The summed E-state index contributed by atoms with van der Waals surface area (Å²) in [5, 5.41) is 0. The van der Waals surface area contributed by atoms with Crippen LogP contribution in [0.3, 0.4) is 0 Å². The van der Waals surface area contributed by atoms with E-state index in [-0.39, 0.29) is 0 Å². The third-order valence-electron chi connectivity index (χ3n) is 1.90. The summed E-state index contributed by atoms with van der Waals surface area (Å²) in [7, 11) is 0. The van der Waals surface area contributed by atoms with E-state index in [1.165, 1.54) is 12.1 Å². The quantitative estimate of drug-likeness (QED) is 0.612. The topological polar surface area (TPSA) is 39.2 Å². The molecule has 0 aliphatic heterocycles. The number of halogens is 3. The maximum atomic E-state index is 12.3. The molecule has 0 bridgehead atoms. The number of esters is 1. The first kappa shape index (κ1) is 15.2. The molecule has 3 nitrogen and oxygen atoms in total. The Bertz CT molecular complexity index is 470. The van der Waals surface area contributed by atoms with Crippen LogP contribution < -0.4 is 0 Å². The lowest BCUT2D eigenvalue weighted by Crippen LogP contribution is -2.22. The van der Waals surface area contributed by atoms with E-state index in [1.54, 1.807) is 20.8 Å². The van der Waals surface area contributed by atoms with Gasteiger partial charge in [-0.05, 0) is 38.5 Å². The largest absolute Gasteiger partial charge is 0.457 e. The number of rotatable bonds is 2. The molecular weight excluding hydrogens is 259 g/mol. The fourth-order valence-corrected chi connectivity index (χ4v) is 1.17. The number of hydrogen-bond acceptors (Lipinski definition) is 3. The summed E-state index contributed by atoms with van der Waals surface area (Å²) in [6.07, 6.45) is -0.923. The van der Waals surface area contributed by atoms with Gasteiger partial charge in [0.15, 0.2) is 0 Å². The molecule has 0 N–H and O–H groups in total. The third kappa shape index (κ3) is 5.54. The minimum atomic E-state index is -4.46. The number of pyridine rings is 1. The Kier molecular flexibility index (Phi) is 4.34. The monoisotopic (exact) mass is 273 g/mol. The van der Waals surface area contributed by atoms with Crippen molar-refractivity contribution in [3.63, 3.8) is 0 Å². The highest BCUT2D eigenvalue weighted by atomic mass is 19.4. The Morgan fingerprint density at radius 3 is 2.32 bits per heavy atom. The predicted molar refractivity (Wildman–Crippen MR) is 64.1 cm³/mol. The number of alkyl halides is 3. The highest BCUT2D eigenvalue weighted by Gasteiger charge is 2.31. The van der Waals surface area contributed by atoms with Crippen LogP contribution in [0.2, 0.25) is 0 Å². The summed E-state index contributed by atoms with van der Waals surface area (Å²) in [5.74, 6) is -0.563. The molecule has 104 valence electrons. The van der Waals surface area contributed by atoms with Crippen molar-refractivity contribution < 1.29 is 22.7 Å². The molecule has 0 unspecified atom stereocenters. The Morgan fingerprint density at radius 2 is 1.89 bits per heavy atom. The van der Waals surface area contributed by atoms with E-state index >= 15 is 0 Å². The van der Waals surface area contributed by atoms with Gasteiger partial charge in [0.25, 0.3) is 0 Å². The van der Waals surface area contributed by atoms with Crippen LogP contribution in [0.4, 0.5) is 13.2 Å². The molecule has 19 heavy (non-hydrogen) atoms. The van der Waals surface area contributed by atoms with Crippen molar-refractivity contribution in [3.8, 4) is 0 Å². The number of hydrogen-bond donors (Lipinski definition) is 0. The third-order valence-corrected chi connectivity index (χ3v) is 1.90. The SMILES string of the molecule is CC(C)(C)OC(=O)C=Cc1ccc(C(F)(F)F)nc1. The molecule has 0 saturated heterocycles. The number of ether oxygens (including phenoxy) is 1. The van der Waals surface area contributed by atoms with Gasteiger partial charge in [-0.3, -0.25) is 4.98 Å². The number of aromatic nitrogens is 1. The Labute approximate surface area is 109 Å². The molecule has 0 aliphatic carbocycles. The van der Waals surface area contributed by atoms with Gasteiger partial charge in [0, 0.05) is 12.3 Å². The van der Waals surface area contributed by atoms with Crippen LogP contribution in [0.1, 0.15) is 32.0 Å². The molecular formula is C13H14F3NO2. The number of carbonyl (C=O) groups excluding carboxylic acids is 1. The summed E-state index contributed by atoms with van der Waals surface area (Å²) in [5.41, 5.74) is -1.19. The maximum Gasteiger partial charge on any atom is 0.433 e. The fraction of sp³-hybridized carbons (Fsp3) is 0.385. The molecule has 0 radical (unpaired) electrons. The van der Waals surface area contributed by atoms with Gasteiger partial charge in [0.05, 0.1) is 0 Å². The van der Waals surface area contributed by atoms with Gasteiger partial charge in [-0.15, -0.1) is 0 Å². The first-order chi connectivity index (χ1) is 8.58. The second-order valence-corrected chi connectivity index (χ2v) is 4.84. The zero-order valence-electron chi connectivity index (χ0n) is 10.8. The fourth-order valence-electron chi connectivity index (χ4n) is 1.17. The molecule has 1 rings (SSSR count). The minimum Gasteiger partial charge on any atom is -0.457 e. The van der Waals surface area contributed by atoms with Crippen molar-refractivity contribution in [2.75, 3.05) is 0 Å². The highest BCUT2D eigenvalue weighted by molar-refractivity contribution is 5.87. The molecule has 0 spiro atoms. The van der Waals surface area contributed by atoms with Crippen LogP contribution in [0.25, 0.3) is 6.08 Å². The van der Waals surface area contributed by atoms with Crippen LogP contribution in [-0.2, 0) is 15.7 Å². The van der Waals surface area contributed by atoms with Crippen LogP contribution >= 0.6 is 0 Å². The highest BCUT2D eigenvalue weighted by Crippen LogP contribution is 2.27. The Hall–Kier alpha value is -1.85. The van der Waals surface area contributed by atoms with Gasteiger partial charge in [-0.25, -0.2) is 4.79 Å².